The highest BCUT2D eigenvalue weighted by Gasteiger charge is 2.22. The molecule has 1 amide bonds. The number of amides is 1. The Morgan fingerprint density at radius 1 is 1.59 bits per heavy atom. The molecule has 0 aliphatic rings. The van der Waals surface area contributed by atoms with Gasteiger partial charge in [-0.3, -0.25) is 9.78 Å². The molecule has 0 unspecified atom stereocenters. The molecule has 0 radical (unpaired) electrons. The van der Waals surface area contributed by atoms with Crippen LogP contribution in [0.15, 0.2) is 35.9 Å². The predicted octanol–water partition coefficient (Wildman–Crippen LogP) is 1.82. The van der Waals surface area contributed by atoms with Crippen molar-refractivity contribution in [1.82, 2.24) is 14.8 Å². The van der Waals surface area contributed by atoms with Crippen LogP contribution in [-0.2, 0) is 9.63 Å². The van der Waals surface area contributed by atoms with Crippen LogP contribution in [0.2, 0.25) is 5.15 Å². The van der Waals surface area contributed by atoms with Crippen LogP contribution in [-0.4, -0.2) is 46.3 Å². The zero-order valence-electron chi connectivity index (χ0n) is 12.0. The van der Waals surface area contributed by atoms with E-state index < -0.39 is 0 Å². The number of hydrogen-bond acceptors (Lipinski definition) is 6. The maximum absolute atomic E-state index is 12.3. The molecule has 0 saturated heterocycles. The number of carbonyl (C=O) groups excluding carboxylic acids is 1. The van der Waals surface area contributed by atoms with Gasteiger partial charge >= 0.3 is 0 Å². The lowest BCUT2D eigenvalue weighted by atomic mass is 10.3. The van der Waals surface area contributed by atoms with E-state index in [2.05, 4.69) is 32.7 Å². The molecule has 0 aromatic carbocycles. The van der Waals surface area contributed by atoms with Gasteiger partial charge in [-0.05, 0) is 12.1 Å². The minimum Gasteiger partial charge on any atom is -0.399 e. The van der Waals surface area contributed by atoms with Gasteiger partial charge in [-0.25, -0.2) is 4.68 Å². The average molecular weight is 340 g/mol. The average Bonchev–Trinajstić information content (AvgIpc) is 2.94. The van der Waals surface area contributed by atoms with Crippen molar-refractivity contribution in [1.29, 1.82) is 0 Å². The van der Waals surface area contributed by atoms with E-state index in [4.69, 9.17) is 11.6 Å². The highest BCUT2D eigenvalue weighted by atomic mass is 35.5. The molecule has 0 fully saturated rings. The molecule has 116 valence electrons. The van der Waals surface area contributed by atoms with E-state index in [0.29, 0.717) is 5.69 Å². The Labute approximate surface area is 137 Å². The summed E-state index contributed by atoms with van der Waals surface area (Å²) < 4.78 is 1.54. The molecule has 0 spiro atoms. The van der Waals surface area contributed by atoms with Crippen molar-refractivity contribution < 1.29 is 9.63 Å². The number of pyridine rings is 1. The lowest BCUT2D eigenvalue weighted by Gasteiger charge is -2.15. The van der Waals surface area contributed by atoms with E-state index in [1.807, 2.05) is 6.07 Å². The third-order valence-electron chi connectivity index (χ3n) is 2.83. The largest absolute Gasteiger partial charge is 0.399 e. The molecule has 0 aliphatic heterocycles. The van der Waals surface area contributed by atoms with Crippen LogP contribution >= 0.6 is 24.2 Å². The van der Waals surface area contributed by atoms with Crippen LogP contribution in [0.5, 0.6) is 0 Å². The quantitative estimate of drug-likeness (QED) is 0.512. The fourth-order valence-corrected chi connectivity index (χ4v) is 2.19. The van der Waals surface area contributed by atoms with E-state index >= 15 is 0 Å². The summed E-state index contributed by atoms with van der Waals surface area (Å²) in [7, 11) is 2.94. The monoisotopic (exact) mass is 339 g/mol. The van der Waals surface area contributed by atoms with Gasteiger partial charge in [0.05, 0.1) is 18.1 Å². The van der Waals surface area contributed by atoms with Crippen molar-refractivity contribution in [2.75, 3.05) is 24.8 Å². The fourth-order valence-electron chi connectivity index (χ4n) is 1.74. The Bertz CT molecular complexity index is 689. The van der Waals surface area contributed by atoms with Crippen molar-refractivity contribution in [3.05, 3.63) is 35.9 Å². The minimum atomic E-state index is -0.371. The molecule has 9 heteroatoms. The van der Waals surface area contributed by atoms with Crippen LogP contribution in [0.25, 0.3) is 5.69 Å². The minimum absolute atomic E-state index is 0.144. The first-order valence-corrected chi connectivity index (χ1v) is 7.24. The standard InChI is InChI=1S/C13H14ClN5O2S/c1-18(13(20)10(8-22)17-21-2)11-7-19(16-12(11)14)9-4-3-5-15-6-9/h3-7,22H,8H2,1-2H3/b17-10+. The van der Waals surface area contributed by atoms with E-state index in [1.54, 1.807) is 36.4 Å². The summed E-state index contributed by atoms with van der Waals surface area (Å²) in [5.74, 6) is -0.227. The van der Waals surface area contributed by atoms with E-state index in [9.17, 15) is 4.79 Å². The van der Waals surface area contributed by atoms with Gasteiger partial charge in [-0.1, -0.05) is 16.8 Å². The van der Waals surface area contributed by atoms with Gasteiger partial charge in [0.1, 0.15) is 12.8 Å². The Morgan fingerprint density at radius 2 is 2.36 bits per heavy atom. The SMILES string of the molecule is CO/N=C(\CS)C(=O)N(C)c1cn(-c2cccnc2)nc1Cl. The predicted molar refractivity (Wildman–Crippen MR) is 88.1 cm³/mol. The third kappa shape index (κ3) is 3.40. The zero-order valence-corrected chi connectivity index (χ0v) is 13.6. The van der Waals surface area contributed by atoms with E-state index in [-0.39, 0.29) is 22.5 Å². The summed E-state index contributed by atoms with van der Waals surface area (Å²) in [6.07, 6.45) is 4.94. The molecular formula is C13H14ClN5O2S. The second-order valence-electron chi connectivity index (χ2n) is 4.20. The first-order valence-electron chi connectivity index (χ1n) is 6.23. The number of carbonyl (C=O) groups is 1. The lowest BCUT2D eigenvalue weighted by Crippen LogP contribution is -2.34. The van der Waals surface area contributed by atoms with Gasteiger partial charge in [0.25, 0.3) is 5.91 Å². The Kier molecular flexibility index (Phi) is 5.40. The van der Waals surface area contributed by atoms with Crippen LogP contribution in [0.4, 0.5) is 5.69 Å². The molecule has 0 bridgehead atoms. The second-order valence-corrected chi connectivity index (χ2v) is 4.88. The molecule has 2 aromatic heterocycles. The van der Waals surface area contributed by atoms with E-state index in [0.717, 1.165) is 5.69 Å². The van der Waals surface area contributed by atoms with Crippen LogP contribution < -0.4 is 4.90 Å². The van der Waals surface area contributed by atoms with Gasteiger partial charge in [-0.2, -0.15) is 17.7 Å². The Balaban J connectivity index is 2.31. The van der Waals surface area contributed by atoms with Crippen LogP contribution in [0.1, 0.15) is 0 Å². The highest BCUT2D eigenvalue weighted by molar-refractivity contribution is 7.81. The molecule has 22 heavy (non-hydrogen) atoms. The summed E-state index contributed by atoms with van der Waals surface area (Å²) in [5, 5.41) is 8.02. The van der Waals surface area contributed by atoms with Gasteiger partial charge in [-0.15, -0.1) is 0 Å². The summed E-state index contributed by atoms with van der Waals surface area (Å²) in [6, 6.07) is 3.61. The van der Waals surface area contributed by atoms with Crippen LogP contribution in [0, 0.1) is 0 Å². The molecule has 0 N–H and O–H groups in total. The van der Waals surface area contributed by atoms with Crippen molar-refractivity contribution >= 4 is 41.5 Å². The molecule has 0 saturated carbocycles. The molecular weight excluding hydrogens is 326 g/mol. The number of hydrogen-bond donors (Lipinski definition) is 1. The molecule has 2 heterocycles. The van der Waals surface area contributed by atoms with Crippen molar-refractivity contribution in [3.8, 4) is 5.69 Å². The number of oxime groups is 1. The fraction of sp³-hybridized carbons (Fsp3) is 0.231. The molecule has 7 nitrogen and oxygen atoms in total. The van der Waals surface area contributed by atoms with Crippen molar-refractivity contribution in [2.24, 2.45) is 5.16 Å². The first kappa shape index (κ1) is 16.3. The number of aromatic nitrogens is 3. The first-order chi connectivity index (χ1) is 10.6. The molecule has 0 atom stereocenters. The second kappa shape index (κ2) is 7.28. The van der Waals surface area contributed by atoms with E-state index in [1.165, 1.54) is 12.0 Å². The smallest absolute Gasteiger partial charge is 0.276 e. The highest BCUT2D eigenvalue weighted by Crippen LogP contribution is 2.25. The molecule has 2 aromatic rings. The maximum Gasteiger partial charge on any atom is 0.276 e. The number of rotatable bonds is 5. The number of thiol groups is 1. The van der Waals surface area contributed by atoms with Crippen molar-refractivity contribution in [2.45, 2.75) is 0 Å². The summed E-state index contributed by atoms with van der Waals surface area (Å²) >= 11 is 10.2. The molecule has 2 rings (SSSR count). The summed E-state index contributed by atoms with van der Waals surface area (Å²) in [6.45, 7) is 0. The third-order valence-corrected chi connectivity index (χ3v) is 3.39. The molecule has 0 aliphatic carbocycles. The van der Waals surface area contributed by atoms with Crippen molar-refractivity contribution in [3.63, 3.8) is 0 Å². The Morgan fingerprint density at radius 3 is 2.95 bits per heavy atom. The number of nitrogens with zero attached hydrogens (tertiary/aromatic N) is 5. The number of anilines is 1. The zero-order chi connectivity index (χ0) is 16.1. The topological polar surface area (TPSA) is 72.6 Å². The number of halogens is 1. The van der Waals surface area contributed by atoms with Gasteiger partial charge in [0, 0.05) is 19.0 Å². The van der Waals surface area contributed by atoms with Gasteiger partial charge in [0.15, 0.2) is 10.9 Å². The summed E-state index contributed by atoms with van der Waals surface area (Å²) in [4.78, 5) is 22.3. The maximum atomic E-state index is 12.3. The normalized spacial score (nSPS) is 11.4. The Hall–Kier alpha value is -2.06. The lowest BCUT2D eigenvalue weighted by molar-refractivity contribution is -0.112. The van der Waals surface area contributed by atoms with Gasteiger partial charge in [0.2, 0.25) is 0 Å². The van der Waals surface area contributed by atoms with Gasteiger partial charge < -0.3 is 9.74 Å². The summed E-state index contributed by atoms with van der Waals surface area (Å²) in [5.41, 5.74) is 1.34. The van der Waals surface area contributed by atoms with Crippen LogP contribution in [0.3, 0.4) is 0 Å².